The van der Waals surface area contributed by atoms with Gasteiger partial charge in [0.2, 0.25) is 0 Å². The van der Waals surface area contributed by atoms with Crippen LogP contribution in [0.1, 0.15) is 5.56 Å². The van der Waals surface area contributed by atoms with Crippen molar-refractivity contribution in [3.05, 3.63) is 28.1 Å². The zero-order chi connectivity index (χ0) is 10.1. The molecule has 1 heterocycles. The molecule has 2 rings (SSSR count). The van der Waals surface area contributed by atoms with Crippen molar-refractivity contribution in [1.82, 2.24) is 0 Å². The molecule has 1 N–H and O–H groups in total. The van der Waals surface area contributed by atoms with Crippen molar-refractivity contribution >= 4 is 33.0 Å². The minimum absolute atomic E-state index is 0.0480. The van der Waals surface area contributed by atoms with E-state index in [4.69, 9.17) is 16.9 Å². The molecule has 0 atom stereocenters. The van der Waals surface area contributed by atoms with Crippen LogP contribution >= 0.6 is 22.9 Å². The number of nitrogens with zero attached hydrogens (tertiary/aromatic N) is 1. The zero-order valence-electron chi connectivity index (χ0n) is 7.12. The molecule has 0 bridgehead atoms. The number of fused-ring (bicyclic) bond motifs is 1. The largest absolute Gasteiger partial charge is 0.506 e. The highest BCUT2D eigenvalue weighted by Gasteiger charge is 2.10. The molecule has 2 nitrogen and oxygen atoms in total. The van der Waals surface area contributed by atoms with Gasteiger partial charge in [0.25, 0.3) is 0 Å². The quantitative estimate of drug-likeness (QED) is 0.806. The Hall–Kier alpha value is -1.24. The van der Waals surface area contributed by atoms with Gasteiger partial charge >= 0.3 is 0 Å². The molecule has 4 heteroatoms. The molecule has 0 saturated heterocycles. The zero-order valence-corrected chi connectivity index (χ0v) is 8.69. The van der Waals surface area contributed by atoms with Crippen LogP contribution in [0.2, 0.25) is 5.02 Å². The van der Waals surface area contributed by atoms with Gasteiger partial charge in [-0.05, 0) is 28.5 Å². The van der Waals surface area contributed by atoms with Gasteiger partial charge in [-0.3, -0.25) is 0 Å². The number of hydrogen-bond donors (Lipinski definition) is 1. The monoisotopic (exact) mass is 223 g/mol. The summed E-state index contributed by atoms with van der Waals surface area (Å²) in [6.45, 7) is 0. The molecule has 0 fully saturated rings. The predicted molar refractivity (Wildman–Crippen MR) is 57.8 cm³/mol. The van der Waals surface area contributed by atoms with E-state index in [2.05, 4.69) is 6.07 Å². The third kappa shape index (κ3) is 1.33. The Morgan fingerprint density at radius 3 is 3.07 bits per heavy atom. The average molecular weight is 224 g/mol. The number of aromatic hydroxyl groups is 1. The Kier molecular flexibility index (Phi) is 2.32. The molecular weight excluding hydrogens is 218 g/mol. The van der Waals surface area contributed by atoms with Crippen molar-refractivity contribution < 1.29 is 5.11 Å². The van der Waals surface area contributed by atoms with Gasteiger partial charge in [0, 0.05) is 0 Å². The fraction of sp³-hybridized carbons (Fsp3) is 0.100. The van der Waals surface area contributed by atoms with Crippen LogP contribution in [0.5, 0.6) is 5.75 Å². The maximum atomic E-state index is 9.51. The summed E-state index contributed by atoms with van der Waals surface area (Å²) >= 11 is 7.38. The highest BCUT2D eigenvalue weighted by Crippen LogP contribution is 2.37. The van der Waals surface area contributed by atoms with Gasteiger partial charge in [0.05, 0.1) is 17.2 Å². The SMILES string of the molecule is N#CCc1cc(O)c(Cl)c2sccc12. The van der Waals surface area contributed by atoms with E-state index in [1.165, 1.54) is 11.3 Å². The van der Waals surface area contributed by atoms with Crippen molar-refractivity contribution in [1.29, 1.82) is 5.26 Å². The van der Waals surface area contributed by atoms with E-state index in [9.17, 15) is 5.11 Å². The van der Waals surface area contributed by atoms with Crippen LogP contribution in [0.3, 0.4) is 0 Å². The third-order valence-corrected chi connectivity index (χ3v) is 3.44. The summed E-state index contributed by atoms with van der Waals surface area (Å²) in [6, 6.07) is 5.53. The van der Waals surface area contributed by atoms with Crippen LogP contribution in [0, 0.1) is 11.3 Å². The molecule has 0 aliphatic carbocycles. The van der Waals surface area contributed by atoms with E-state index in [0.717, 1.165) is 15.6 Å². The molecular formula is C10H6ClNOS. The smallest absolute Gasteiger partial charge is 0.135 e. The van der Waals surface area contributed by atoms with Crippen LogP contribution in [-0.4, -0.2) is 5.11 Å². The molecule has 2 aromatic rings. The van der Waals surface area contributed by atoms with Gasteiger partial charge in [-0.1, -0.05) is 11.6 Å². The fourth-order valence-corrected chi connectivity index (χ4v) is 2.55. The van der Waals surface area contributed by atoms with E-state index in [-0.39, 0.29) is 12.2 Å². The topological polar surface area (TPSA) is 44.0 Å². The van der Waals surface area contributed by atoms with Crippen molar-refractivity contribution in [2.45, 2.75) is 6.42 Å². The summed E-state index contributed by atoms with van der Waals surface area (Å²) in [5, 5.41) is 21.4. The van der Waals surface area contributed by atoms with Crippen molar-refractivity contribution in [2.24, 2.45) is 0 Å². The maximum absolute atomic E-state index is 9.51. The molecule has 0 spiro atoms. The Bertz CT molecular complexity index is 527. The molecule has 14 heavy (non-hydrogen) atoms. The first-order chi connectivity index (χ1) is 6.74. The van der Waals surface area contributed by atoms with Gasteiger partial charge in [0.1, 0.15) is 10.8 Å². The first kappa shape index (κ1) is 9.32. The van der Waals surface area contributed by atoms with Gasteiger partial charge in [-0.2, -0.15) is 5.26 Å². The molecule has 0 aliphatic heterocycles. The van der Waals surface area contributed by atoms with E-state index >= 15 is 0 Å². The molecule has 1 aromatic heterocycles. The molecule has 1 aromatic carbocycles. The van der Waals surface area contributed by atoms with E-state index in [1.807, 2.05) is 11.4 Å². The number of nitriles is 1. The summed E-state index contributed by atoms with van der Waals surface area (Å²) < 4.78 is 0.844. The van der Waals surface area contributed by atoms with Crippen molar-refractivity contribution in [2.75, 3.05) is 0 Å². The summed E-state index contributed by atoms with van der Waals surface area (Å²) in [7, 11) is 0. The van der Waals surface area contributed by atoms with Gasteiger partial charge in [-0.15, -0.1) is 11.3 Å². The summed E-state index contributed by atoms with van der Waals surface area (Å²) in [4.78, 5) is 0. The Morgan fingerprint density at radius 1 is 1.57 bits per heavy atom. The van der Waals surface area contributed by atoms with Crippen LogP contribution in [0.15, 0.2) is 17.5 Å². The second kappa shape index (κ2) is 3.49. The molecule has 0 amide bonds. The second-order valence-corrected chi connectivity index (χ2v) is 4.16. The van der Waals surface area contributed by atoms with Crippen LogP contribution < -0.4 is 0 Å². The summed E-state index contributed by atoms with van der Waals surface area (Å²) in [5.74, 6) is 0.0480. The van der Waals surface area contributed by atoms with Crippen LogP contribution in [-0.2, 0) is 6.42 Å². The Labute approximate surface area is 90.0 Å². The number of phenols is 1. The van der Waals surface area contributed by atoms with Gasteiger partial charge in [0.15, 0.2) is 0 Å². The predicted octanol–water partition coefficient (Wildman–Crippen LogP) is 3.33. The fourth-order valence-electron chi connectivity index (χ4n) is 1.39. The Balaban J connectivity index is 2.79. The lowest BCUT2D eigenvalue weighted by atomic mass is 10.1. The Morgan fingerprint density at radius 2 is 2.36 bits per heavy atom. The van der Waals surface area contributed by atoms with E-state index in [0.29, 0.717) is 5.02 Å². The van der Waals surface area contributed by atoms with E-state index in [1.54, 1.807) is 6.07 Å². The summed E-state index contributed by atoms with van der Waals surface area (Å²) in [6.07, 6.45) is 0.290. The number of halogens is 1. The number of hydrogen-bond acceptors (Lipinski definition) is 3. The summed E-state index contributed by atoms with van der Waals surface area (Å²) in [5.41, 5.74) is 0.825. The van der Waals surface area contributed by atoms with Crippen molar-refractivity contribution in [3.8, 4) is 11.8 Å². The number of thiophene rings is 1. The highest BCUT2D eigenvalue weighted by atomic mass is 35.5. The number of rotatable bonds is 1. The van der Waals surface area contributed by atoms with Crippen molar-refractivity contribution in [3.63, 3.8) is 0 Å². The van der Waals surface area contributed by atoms with Crippen LogP contribution in [0.4, 0.5) is 0 Å². The number of phenolic OH excluding ortho intramolecular Hbond substituents is 1. The third-order valence-electron chi connectivity index (χ3n) is 2.02. The van der Waals surface area contributed by atoms with Gasteiger partial charge in [-0.25, -0.2) is 0 Å². The lowest BCUT2D eigenvalue weighted by Gasteiger charge is -2.02. The minimum atomic E-state index is 0.0480. The maximum Gasteiger partial charge on any atom is 0.135 e. The molecule has 0 aliphatic rings. The number of benzene rings is 1. The van der Waals surface area contributed by atoms with E-state index < -0.39 is 0 Å². The highest BCUT2D eigenvalue weighted by molar-refractivity contribution is 7.18. The normalized spacial score (nSPS) is 10.3. The molecule has 70 valence electrons. The lowest BCUT2D eigenvalue weighted by Crippen LogP contribution is -1.83. The molecule has 0 unspecified atom stereocenters. The average Bonchev–Trinajstić information content (AvgIpc) is 2.63. The minimum Gasteiger partial charge on any atom is -0.506 e. The van der Waals surface area contributed by atoms with Gasteiger partial charge < -0.3 is 5.11 Å². The first-order valence-corrected chi connectivity index (χ1v) is 5.24. The lowest BCUT2D eigenvalue weighted by molar-refractivity contribution is 0.476. The first-order valence-electron chi connectivity index (χ1n) is 3.98. The molecule has 0 saturated carbocycles. The second-order valence-electron chi connectivity index (χ2n) is 2.87. The standard InChI is InChI=1S/C10H6ClNOS/c11-9-8(13)5-6(1-3-12)7-2-4-14-10(7)9/h2,4-5,13H,1H2. The molecule has 0 radical (unpaired) electrons. The van der Waals surface area contributed by atoms with Crippen LogP contribution in [0.25, 0.3) is 10.1 Å².